The molecule has 1 amide bonds. The lowest BCUT2D eigenvalue weighted by Crippen LogP contribution is -2.14. The van der Waals surface area contributed by atoms with Crippen molar-refractivity contribution in [2.75, 3.05) is 13.7 Å². The first-order chi connectivity index (χ1) is 14.4. The van der Waals surface area contributed by atoms with Crippen LogP contribution in [0.4, 0.5) is 0 Å². The highest BCUT2D eigenvalue weighted by Crippen LogP contribution is 2.19. The molecule has 0 saturated carbocycles. The van der Waals surface area contributed by atoms with Gasteiger partial charge >= 0.3 is 0 Å². The maximum Gasteiger partial charge on any atom is 0.248 e. The maximum absolute atomic E-state index is 12.7. The lowest BCUT2D eigenvalue weighted by Gasteiger charge is -2.11. The Labute approximate surface area is 176 Å². The Bertz CT molecular complexity index is 1030. The number of aryl methyl sites for hydroxylation is 2. The van der Waals surface area contributed by atoms with Gasteiger partial charge < -0.3 is 19.8 Å². The lowest BCUT2D eigenvalue weighted by atomic mass is 10.1. The first-order valence-electron chi connectivity index (χ1n) is 9.74. The van der Waals surface area contributed by atoms with E-state index in [4.69, 9.17) is 15.2 Å². The molecule has 3 rings (SSSR count). The van der Waals surface area contributed by atoms with E-state index in [0.717, 1.165) is 30.1 Å². The third-order valence-electron chi connectivity index (χ3n) is 5.17. The van der Waals surface area contributed by atoms with Crippen LogP contribution in [0.15, 0.2) is 54.6 Å². The minimum Gasteiger partial charge on any atom is -0.497 e. The van der Waals surface area contributed by atoms with Crippen LogP contribution >= 0.6 is 0 Å². The van der Waals surface area contributed by atoms with Crippen LogP contribution in [0.5, 0.6) is 11.5 Å². The van der Waals surface area contributed by atoms with E-state index in [0.29, 0.717) is 16.9 Å². The Morgan fingerprint density at radius 3 is 2.20 bits per heavy atom. The van der Waals surface area contributed by atoms with Crippen molar-refractivity contribution in [1.82, 2.24) is 4.57 Å². The first kappa shape index (κ1) is 21.2. The van der Waals surface area contributed by atoms with Crippen molar-refractivity contribution in [3.63, 3.8) is 0 Å². The largest absolute Gasteiger partial charge is 0.497 e. The van der Waals surface area contributed by atoms with Crippen molar-refractivity contribution in [3.8, 4) is 11.5 Å². The van der Waals surface area contributed by atoms with Gasteiger partial charge in [-0.3, -0.25) is 9.59 Å². The van der Waals surface area contributed by atoms with Gasteiger partial charge in [-0.2, -0.15) is 0 Å². The zero-order chi connectivity index (χ0) is 21.7. The van der Waals surface area contributed by atoms with Gasteiger partial charge in [0.15, 0.2) is 6.61 Å². The molecule has 0 fully saturated rings. The second kappa shape index (κ2) is 9.31. The van der Waals surface area contributed by atoms with E-state index in [1.165, 1.54) is 5.56 Å². The number of benzene rings is 2. The van der Waals surface area contributed by atoms with Crippen molar-refractivity contribution < 1.29 is 19.1 Å². The van der Waals surface area contributed by atoms with Gasteiger partial charge in [0.2, 0.25) is 11.7 Å². The summed E-state index contributed by atoms with van der Waals surface area (Å²) in [5.74, 6) is 0.767. The lowest BCUT2D eigenvalue weighted by molar-refractivity contribution is 0.0919. The monoisotopic (exact) mass is 406 g/mol. The number of hydrogen-bond acceptors (Lipinski definition) is 4. The molecule has 0 aliphatic carbocycles. The van der Waals surface area contributed by atoms with E-state index < -0.39 is 5.91 Å². The van der Waals surface area contributed by atoms with Crippen molar-refractivity contribution in [1.29, 1.82) is 0 Å². The molecule has 0 unspecified atom stereocenters. The number of nitrogens with two attached hydrogens (primary N) is 1. The molecular weight excluding hydrogens is 380 g/mol. The number of aromatic nitrogens is 1. The summed E-state index contributed by atoms with van der Waals surface area (Å²) < 4.78 is 12.9. The van der Waals surface area contributed by atoms with Crippen molar-refractivity contribution >= 4 is 11.7 Å². The molecular formula is C24H26N2O4. The number of hydrogen-bond donors (Lipinski definition) is 1. The Balaban J connectivity index is 1.63. The summed E-state index contributed by atoms with van der Waals surface area (Å²) in [5.41, 5.74) is 9.46. The van der Waals surface area contributed by atoms with Crippen molar-refractivity contribution in [2.24, 2.45) is 5.73 Å². The first-order valence-corrected chi connectivity index (χ1v) is 9.74. The molecule has 0 saturated heterocycles. The van der Waals surface area contributed by atoms with Crippen LogP contribution in [0.3, 0.4) is 0 Å². The second-order valence-corrected chi connectivity index (χ2v) is 7.13. The van der Waals surface area contributed by atoms with Gasteiger partial charge in [-0.25, -0.2) is 0 Å². The average molecular weight is 406 g/mol. The fourth-order valence-corrected chi connectivity index (χ4v) is 3.40. The molecule has 30 heavy (non-hydrogen) atoms. The minimum absolute atomic E-state index is 0.0707. The van der Waals surface area contributed by atoms with Gasteiger partial charge in [0.1, 0.15) is 11.5 Å². The molecule has 1 heterocycles. The van der Waals surface area contributed by atoms with Gasteiger partial charge in [0.05, 0.1) is 7.11 Å². The number of ether oxygens (including phenoxy) is 2. The summed E-state index contributed by atoms with van der Waals surface area (Å²) >= 11 is 0. The van der Waals surface area contributed by atoms with Crippen molar-refractivity contribution in [3.05, 3.63) is 82.7 Å². The topological polar surface area (TPSA) is 83.6 Å². The highest BCUT2D eigenvalue weighted by molar-refractivity contribution is 5.98. The number of rotatable bonds is 9. The number of methoxy groups -OCH3 is 1. The highest BCUT2D eigenvalue weighted by atomic mass is 16.5. The molecule has 6 nitrogen and oxygen atoms in total. The Morgan fingerprint density at radius 1 is 0.967 bits per heavy atom. The summed E-state index contributed by atoms with van der Waals surface area (Å²) in [6.07, 6.45) is 0.858. The number of ketones is 1. The Hall–Kier alpha value is -3.54. The van der Waals surface area contributed by atoms with Crippen LogP contribution in [0.1, 0.15) is 37.7 Å². The molecule has 0 radical (unpaired) electrons. The summed E-state index contributed by atoms with van der Waals surface area (Å²) in [7, 11) is 1.65. The number of primary amides is 1. The van der Waals surface area contributed by atoms with E-state index >= 15 is 0 Å². The standard InChI is InChI=1S/C24H26N2O4/c1-16-14-22(23(27)15-30-21-10-6-19(7-11-21)24(25)28)17(2)26(16)13-12-18-4-8-20(29-3)9-5-18/h4-11,14H,12-13,15H2,1-3H3,(H2,25,28). The third-order valence-corrected chi connectivity index (χ3v) is 5.17. The zero-order valence-electron chi connectivity index (χ0n) is 17.5. The fraction of sp³-hybridized carbons (Fsp3) is 0.250. The molecule has 156 valence electrons. The van der Waals surface area contributed by atoms with Crippen LogP contribution < -0.4 is 15.2 Å². The number of amides is 1. The molecule has 6 heteroatoms. The minimum atomic E-state index is -0.500. The van der Waals surface area contributed by atoms with Gasteiger partial charge in [-0.15, -0.1) is 0 Å². The van der Waals surface area contributed by atoms with Crippen LogP contribution in [0, 0.1) is 13.8 Å². The normalized spacial score (nSPS) is 10.6. The molecule has 0 aliphatic rings. The van der Waals surface area contributed by atoms with Gasteiger partial charge in [0.25, 0.3) is 0 Å². The smallest absolute Gasteiger partial charge is 0.248 e. The molecule has 0 bridgehead atoms. The molecule has 3 aromatic rings. The predicted molar refractivity (Wildman–Crippen MR) is 115 cm³/mol. The van der Waals surface area contributed by atoms with Gasteiger partial charge in [-0.1, -0.05) is 12.1 Å². The average Bonchev–Trinajstić information content (AvgIpc) is 3.04. The molecule has 0 aliphatic heterocycles. The summed E-state index contributed by atoms with van der Waals surface area (Å²) in [6, 6.07) is 16.3. The zero-order valence-corrected chi connectivity index (χ0v) is 17.5. The van der Waals surface area contributed by atoms with Gasteiger partial charge in [0, 0.05) is 29.1 Å². The van der Waals surface area contributed by atoms with Crippen molar-refractivity contribution in [2.45, 2.75) is 26.8 Å². The number of carbonyl (C=O) groups excluding carboxylic acids is 2. The predicted octanol–water partition coefficient (Wildman–Crippen LogP) is 3.72. The molecule has 2 aromatic carbocycles. The molecule has 0 atom stereocenters. The number of carbonyl (C=O) groups is 2. The van der Waals surface area contributed by atoms with E-state index in [1.807, 2.05) is 32.0 Å². The summed E-state index contributed by atoms with van der Waals surface area (Å²) in [5, 5.41) is 0. The SMILES string of the molecule is COc1ccc(CCn2c(C)cc(C(=O)COc3ccc(C(N)=O)cc3)c2C)cc1. The molecule has 2 N–H and O–H groups in total. The van der Waals surface area contributed by atoms with Gasteiger partial charge in [-0.05, 0) is 68.3 Å². The van der Waals surface area contributed by atoms with E-state index in [2.05, 4.69) is 16.7 Å². The summed E-state index contributed by atoms with van der Waals surface area (Å²) in [4.78, 5) is 23.8. The fourth-order valence-electron chi connectivity index (χ4n) is 3.40. The molecule has 1 aromatic heterocycles. The number of nitrogens with zero attached hydrogens (tertiary/aromatic N) is 1. The highest BCUT2D eigenvalue weighted by Gasteiger charge is 2.16. The van der Waals surface area contributed by atoms with Crippen LogP contribution in [0.2, 0.25) is 0 Å². The second-order valence-electron chi connectivity index (χ2n) is 7.13. The van der Waals surface area contributed by atoms with Crippen LogP contribution in [-0.2, 0) is 13.0 Å². The Kier molecular flexibility index (Phi) is 6.57. The maximum atomic E-state index is 12.7. The quantitative estimate of drug-likeness (QED) is 0.549. The third kappa shape index (κ3) is 4.89. The Morgan fingerprint density at radius 2 is 1.60 bits per heavy atom. The molecule has 0 spiro atoms. The number of Topliss-reactive ketones (excluding diaryl/α,β-unsaturated/α-hetero) is 1. The van der Waals surface area contributed by atoms with E-state index in [1.54, 1.807) is 31.4 Å². The van der Waals surface area contributed by atoms with E-state index in [9.17, 15) is 9.59 Å². The van der Waals surface area contributed by atoms with Crippen LogP contribution in [0.25, 0.3) is 0 Å². The van der Waals surface area contributed by atoms with E-state index in [-0.39, 0.29) is 12.4 Å². The summed E-state index contributed by atoms with van der Waals surface area (Å²) in [6.45, 7) is 4.67. The van der Waals surface area contributed by atoms with Crippen LogP contribution in [-0.4, -0.2) is 30.0 Å².